The lowest BCUT2D eigenvalue weighted by Gasteiger charge is -2.09. The molecule has 0 radical (unpaired) electrons. The van der Waals surface area contributed by atoms with Crippen LogP contribution in [0, 0.1) is 6.92 Å². The van der Waals surface area contributed by atoms with E-state index in [1.54, 1.807) is 29.6 Å². The fourth-order valence-electron chi connectivity index (χ4n) is 1.90. The Hall–Kier alpha value is -2.83. The minimum absolute atomic E-state index is 0.246. The number of halogens is 3. The third kappa shape index (κ3) is 4.84. The van der Waals surface area contributed by atoms with E-state index in [1.807, 2.05) is 19.1 Å². The smallest absolute Gasteiger partial charge is 0.344 e. The molecular formula is C17H15F3N2O2. The second-order valence-corrected chi connectivity index (χ2v) is 5.20. The van der Waals surface area contributed by atoms with Gasteiger partial charge in [-0.05, 0) is 36.8 Å². The first-order chi connectivity index (χ1) is 11.3. The summed E-state index contributed by atoms with van der Waals surface area (Å²) in [5.74, 6) is -2.27. The monoisotopic (exact) mass is 336 g/mol. The maximum atomic E-state index is 12.1. The minimum atomic E-state index is -4.90. The first kappa shape index (κ1) is 17.5. The summed E-state index contributed by atoms with van der Waals surface area (Å²) in [5.41, 5.74) is 2.53. The number of alkyl halides is 3. The zero-order valence-electron chi connectivity index (χ0n) is 12.8. The van der Waals surface area contributed by atoms with Crippen LogP contribution in [-0.4, -0.2) is 18.0 Å². The lowest BCUT2D eigenvalue weighted by Crippen LogP contribution is -2.36. The summed E-state index contributed by atoms with van der Waals surface area (Å²) >= 11 is 0. The summed E-state index contributed by atoms with van der Waals surface area (Å²) in [4.78, 5) is 22.8. The number of benzene rings is 2. The highest BCUT2D eigenvalue weighted by molar-refractivity contribution is 6.04. The number of rotatable bonds is 4. The van der Waals surface area contributed by atoms with Crippen LogP contribution in [0.1, 0.15) is 21.5 Å². The van der Waals surface area contributed by atoms with E-state index < -0.39 is 12.1 Å². The fourth-order valence-corrected chi connectivity index (χ4v) is 1.90. The van der Waals surface area contributed by atoms with Crippen LogP contribution >= 0.6 is 0 Å². The number of hydrogen-bond donors (Lipinski definition) is 2. The third-order valence-corrected chi connectivity index (χ3v) is 3.24. The zero-order valence-corrected chi connectivity index (χ0v) is 12.8. The molecule has 0 atom stereocenters. The lowest BCUT2D eigenvalue weighted by molar-refractivity contribution is -0.173. The van der Waals surface area contributed by atoms with Gasteiger partial charge in [-0.1, -0.05) is 29.8 Å². The SMILES string of the molecule is Cc1ccc(C(=O)Nc2ccc(CNC(=O)C(F)(F)F)cc2)cc1. The molecule has 24 heavy (non-hydrogen) atoms. The quantitative estimate of drug-likeness (QED) is 0.899. The van der Waals surface area contributed by atoms with Gasteiger partial charge in [0.25, 0.3) is 5.91 Å². The van der Waals surface area contributed by atoms with Gasteiger partial charge in [-0.2, -0.15) is 13.2 Å². The van der Waals surface area contributed by atoms with Crippen LogP contribution in [-0.2, 0) is 11.3 Å². The van der Waals surface area contributed by atoms with Crippen LogP contribution in [0.25, 0.3) is 0 Å². The van der Waals surface area contributed by atoms with Gasteiger partial charge in [0.05, 0.1) is 0 Å². The van der Waals surface area contributed by atoms with Crippen molar-refractivity contribution in [2.45, 2.75) is 19.6 Å². The van der Waals surface area contributed by atoms with E-state index >= 15 is 0 Å². The van der Waals surface area contributed by atoms with E-state index in [4.69, 9.17) is 0 Å². The second-order valence-electron chi connectivity index (χ2n) is 5.20. The Bertz CT molecular complexity index is 723. The molecule has 0 aliphatic carbocycles. The van der Waals surface area contributed by atoms with Crippen LogP contribution in [0.4, 0.5) is 18.9 Å². The Kier molecular flexibility index (Phi) is 5.23. The molecule has 0 spiro atoms. The highest BCUT2D eigenvalue weighted by atomic mass is 19.4. The van der Waals surface area contributed by atoms with Crippen LogP contribution in [0.5, 0.6) is 0 Å². The summed E-state index contributed by atoms with van der Waals surface area (Å²) < 4.78 is 36.3. The van der Waals surface area contributed by atoms with Crippen LogP contribution in [0.3, 0.4) is 0 Å². The molecule has 0 fully saturated rings. The van der Waals surface area contributed by atoms with Crippen molar-refractivity contribution in [1.82, 2.24) is 5.32 Å². The van der Waals surface area contributed by atoms with Gasteiger partial charge >= 0.3 is 12.1 Å². The van der Waals surface area contributed by atoms with E-state index in [2.05, 4.69) is 5.32 Å². The van der Waals surface area contributed by atoms with E-state index in [9.17, 15) is 22.8 Å². The second kappa shape index (κ2) is 7.16. The molecule has 4 nitrogen and oxygen atoms in total. The fraction of sp³-hybridized carbons (Fsp3) is 0.176. The zero-order chi connectivity index (χ0) is 17.7. The Balaban J connectivity index is 1.93. The normalized spacial score (nSPS) is 11.0. The van der Waals surface area contributed by atoms with E-state index in [0.29, 0.717) is 16.8 Å². The molecule has 2 rings (SSSR count). The molecule has 126 valence electrons. The average Bonchev–Trinajstić information content (AvgIpc) is 2.53. The van der Waals surface area contributed by atoms with Gasteiger partial charge in [-0.3, -0.25) is 9.59 Å². The Morgan fingerprint density at radius 2 is 1.54 bits per heavy atom. The molecule has 7 heteroatoms. The van der Waals surface area contributed by atoms with Gasteiger partial charge in [0.15, 0.2) is 0 Å². The van der Waals surface area contributed by atoms with Crippen molar-refractivity contribution >= 4 is 17.5 Å². The first-order valence-corrected chi connectivity index (χ1v) is 7.08. The number of amides is 2. The summed E-state index contributed by atoms with van der Waals surface area (Å²) in [5, 5.41) is 4.47. The molecule has 2 aromatic carbocycles. The predicted octanol–water partition coefficient (Wildman–Crippen LogP) is 3.43. The van der Waals surface area contributed by atoms with E-state index in [-0.39, 0.29) is 12.5 Å². The number of carbonyl (C=O) groups is 2. The maximum absolute atomic E-state index is 12.1. The van der Waals surface area contributed by atoms with Crippen molar-refractivity contribution < 1.29 is 22.8 Å². The van der Waals surface area contributed by atoms with Crippen LogP contribution < -0.4 is 10.6 Å². The maximum Gasteiger partial charge on any atom is 0.471 e. The molecule has 0 heterocycles. The number of aryl methyl sites for hydroxylation is 1. The highest BCUT2D eigenvalue weighted by Gasteiger charge is 2.38. The molecule has 0 saturated heterocycles. The van der Waals surface area contributed by atoms with Gasteiger partial charge in [-0.25, -0.2) is 0 Å². The largest absolute Gasteiger partial charge is 0.471 e. The molecular weight excluding hydrogens is 321 g/mol. The third-order valence-electron chi connectivity index (χ3n) is 3.24. The number of anilines is 1. The molecule has 0 unspecified atom stereocenters. The Morgan fingerprint density at radius 1 is 0.958 bits per heavy atom. The number of nitrogens with one attached hydrogen (secondary N) is 2. The van der Waals surface area contributed by atoms with Gasteiger partial charge in [0.2, 0.25) is 0 Å². The van der Waals surface area contributed by atoms with Gasteiger partial charge in [0, 0.05) is 17.8 Å². The first-order valence-electron chi connectivity index (χ1n) is 7.08. The van der Waals surface area contributed by atoms with E-state index in [1.165, 1.54) is 12.1 Å². The van der Waals surface area contributed by atoms with Crippen molar-refractivity contribution in [3.8, 4) is 0 Å². The van der Waals surface area contributed by atoms with Crippen molar-refractivity contribution in [3.05, 3.63) is 65.2 Å². The molecule has 0 bridgehead atoms. The van der Waals surface area contributed by atoms with Gasteiger partial charge in [0.1, 0.15) is 0 Å². The molecule has 2 N–H and O–H groups in total. The standard InChI is InChI=1S/C17H15F3N2O2/c1-11-2-6-13(7-3-11)15(23)22-14-8-4-12(5-9-14)10-21-16(24)17(18,19)20/h2-9H,10H2,1H3,(H,21,24)(H,22,23). The summed E-state index contributed by atoms with van der Waals surface area (Å²) in [6, 6.07) is 13.2. The number of hydrogen-bond acceptors (Lipinski definition) is 2. The summed E-state index contributed by atoms with van der Waals surface area (Å²) in [7, 11) is 0. The Morgan fingerprint density at radius 3 is 2.08 bits per heavy atom. The van der Waals surface area contributed by atoms with Gasteiger partial charge in [-0.15, -0.1) is 0 Å². The molecule has 0 saturated carbocycles. The lowest BCUT2D eigenvalue weighted by atomic mass is 10.1. The minimum Gasteiger partial charge on any atom is -0.344 e. The van der Waals surface area contributed by atoms with Crippen molar-refractivity contribution in [2.24, 2.45) is 0 Å². The predicted molar refractivity (Wildman–Crippen MR) is 83.5 cm³/mol. The summed E-state index contributed by atoms with van der Waals surface area (Å²) in [6.07, 6.45) is -4.90. The van der Waals surface area contributed by atoms with Crippen molar-refractivity contribution in [1.29, 1.82) is 0 Å². The number of carbonyl (C=O) groups excluding carboxylic acids is 2. The topological polar surface area (TPSA) is 58.2 Å². The van der Waals surface area contributed by atoms with Gasteiger partial charge < -0.3 is 10.6 Å². The molecule has 0 aromatic heterocycles. The van der Waals surface area contributed by atoms with Crippen molar-refractivity contribution in [2.75, 3.05) is 5.32 Å². The molecule has 0 aliphatic rings. The molecule has 0 aliphatic heterocycles. The molecule has 2 aromatic rings. The molecule has 2 amide bonds. The van der Waals surface area contributed by atoms with Crippen LogP contribution in [0.2, 0.25) is 0 Å². The average molecular weight is 336 g/mol. The van der Waals surface area contributed by atoms with E-state index in [0.717, 1.165) is 5.56 Å². The highest BCUT2D eigenvalue weighted by Crippen LogP contribution is 2.15. The van der Waals surface area contributed by atoms with Crippen LogP contribution in [0.15, 0.2) is 48.5 Å². The van der Waals surface area contributed by atoms with Crippen molar-refractivity contribution in [3.63, 3.8) is 0 Å². The summed E-state index contributed by atoms with van der Waals surface area (Å²) in [6.45, 7) is 1.67. The Labute approximate surface area is 136 Å².